The lowest BCUT2D eigenvalue weighted by molar-refractivity contribution is 0.410. The van der Waals surface area contributed by atoms with Gasteiger partial charge in [0.2, 0.25) is 5.82 Å². The number of aromatic nitrogens is 2. The van der Waals surface area contributed by atoms with Crippen molar-refractivity contribution < 1.29 is 4.52 Å². The van der Waals surface area contributed by atoms with Crippen molar-refractivity contribution in [1.29, 1.82) is 0 Å². The van der Waals surface area contributed by atoms with Crippen LogP contribution in [-0.2, 0) is 0 Å². The molecular weight excluding hydrogens is 327 g/mol. The van der Waals surface area contributed by atoms with Gasteiger partial charge in [0, 0.05) is 15.3 Å². The first kappa shape index (κ1) is 14.3. The molecule has 0 atom stereocenters. The SMILES string of the molecule is Cc1ccc(/C=C(\Cl)c2nc(-c3ccccc3Cl)no2)s1. The van der Waals surface area contributed by atoms with Crippen LogP contribution in [0.4, 0.5) is 0 Å². The molecule has 0 amide bonds. The van der Waals surface area contributed by atoms with Crippen LogP contribution < -0.4 is 0 Å². The molecule has 6 heteroatoms. The lowest BCUT2D eigenvalue weighted by Crippen LogP contribution is -1.82. The highest BCUT2D eigenvalue weighted by Crippen LogP contribution is 2.29. The molecule has 3 rings (SSSR count). The molecule has 0 fully saturated rings. The Balaban J connectivity index is 1.91. The molecule has 0 aliphatic carbocycles. The maximum absolute atomic E-state index is 6.23. The molecule has 3 aromatic rings. The number of nitrogens with zero attached hydrogens (tertiary/aromatic N) is 2. The largest absolute Gasteiger partial charge is 0.333 e. The molecule has 1 aromatic carbocycles. The number of thiophene rings is 1. The predicted octanol–water partition coefficient (Wildman–Crippen LogP) is 5.50. The standard InChI is InChI=1S/C15H10Cl2N2OS/c1-9-6-7-10(21-9)8-13(17)15-18-14(19-20-15)11-4-2-3-5-12(11)16/h2-8H,1H3/b13-8-. The van der Waals surface area contributed by atoms with Gasteiger partial charge < -0.3 is 4.52 Å². The molecule has 0 aliphatic heterocycles. The topological polar surface area (TPSA) is 38.9 Å². The summed E-state index contributed by atoms with van der Waals surface area (Å²) in [6.07, 6.45) is 1.81. The lowest BCUT2D eigenvalue weighted by Gasteiger charge is -1.95. The summed E-state index contributed by atoms with van der Waals surface area (Å²) in [5.74, 6) is 0.696. The molecule has 21 heavy (non-hydrogen) atoms. The molecule has 3 nitrogen and oxygen atoms in total. The van der Waals surface area contributed by atoms with Gasteiger partial charge in [-0.3, -0.25) is 0 Å². The average molecular weight is 337 g/mol. The highest BCUT2D eigenvalue weighted by atomic mass is 35.5. The second-order valence-corrected chi connectivity index (χ2v) is 6.48. The van der Waals surface area contributed by atoms with Gasteiger partial charge in [-0.2, -0.15) is 4.98 Å². The lowest BCUT2D eigenvalue weighted by atomic mass is 10.2. The van der Waals surface area contributed by atoms with Crippen LogP contribution in [0.15, 0.2) is 40.9 Å². The quantitative estimate of drug-likeness (QED) is 0.634. The minimum absolute atomic E-state index is 0.276. The Morgan fingerprint density at radius 2 is 2.05 bits per heavy atom. The van der Waals surface area contributed by atoms with E-state index in [1.807, 2.05) is 43.3 Å². The third kappa shape index (κ3) is 3.18. The summed E-state index contributed by atoms with van der Waals surface area (Å²) < 4.78 is 5.20. The molecule has 0 radical (unpaired) electrons. The smallest absolute Gasteiger partial charge is 0.269 e. The summed E-state index contributed by atoms with van der Waals surface area (Å²) in [4.78, 5) is 6.54. The van der Waals surface area contributed by atoms with Crippen LogP contribution in [0, 0.1) is 6.92 Å². The Kier molecular flexibility index (Phi) is 4.10. The van der Waals surface area contributed by atoms with E-state index in [9.17, 15) is 0 Å². The first-order valence-corrected chi connectivity index (χ1v) is 7.73. The van der Waals surface area contributed by atoms with E-state index in [2.05, 4.69) is 10.1 Å². The fourth-order valence-corrected chi connectivity index (χ4v) is 3.09. The van der Waals surface area contributed by atoms with Crippen molar-refractivity contribution in [3.63, 3.8) is 0 Å². The van der Waals surface area contributed by atoms with E-state index in [1.54, 1.807) is 17.4 Å². The molecule has 0 saturated heterocycles. The normalized spacial score (nSPS) is 11.9. The zero-order valence-corrected chi connectivity index (χ0v) is 13.3. The molecule has 0 bridgehead atoms. The molecule has 106 valence electrons. The molecule has 2 aromatic heterocycles. The Hall–Kier alpha value is -1.62. The van der Waals surface area contributed by atoms with Crippen molar-refractivity contribution in [1.82, 2.24) is 10.1 Å². The number of rotatable bonds is 3. The van der Waals surface area contributed by atoms with Crippen molar-refractivity contribution in [2.45, 2.75) is 6.92 Å². The zero-order valence-electron chi connectivity index (χ0n) is 11.0. The number of hydrogen-bond donors (Lipinski definition) is 0. The van der Waals surface area contributed by atoms with Crippen LogP contribution in [0.5, 0.6) is 0 Å². The number of hydrogen-bond acceptors (Lipinski definition) is 4. The van der Waals surface area contributed by atoms with Crippen molar-refractivity contribution >= 4 is 45.6 Å². The number of halogens is 2. The third-order valence-corrected chi connectivity index (χ3v) is 4.32. The van der Waals surface area contributed by atoms with Gasteiger partial charge in [-0.1, -0.05) is 40.5 Å². The van der Waals surface area contributed by atoms with E-state index in [0.717, 1.165) is 4.88 Å². The van der Waals surface area contributed by atoms with E-state index < -0.39 is 0 Å². The maximum atomic E-state index is 6.23. The van der Waals surface area contributed by atoms with Crippen LogP contribution in [0.3, 0.4) is 0 Å². The van der Waals surface area contributed by atoms with E-state index >= 15 is 0 Å². The van der Waals surface area contributed by atoms with Crippen molar-refractivity contribution in [3.05, 3.63) is 57.1 Å². The monoisotopic (exact) mass is 336 g/mol. The van der Waals surface area contributed by atoms with E-state index in [-0.39, 0.29) is 5.89 Å². The molecule has 2 heterocycles. The van der Waals surface area contributed by atoms with Crippen molar-refractivity contribution in [2.75, 3.05) is 0 Å². The van der Waals surface area contributed by atoms with Gasteiger partial charge in [-0.25, -0.2) is 0 Å². The van der Waals surface area contributed by atoms with Crippen LogP contribution >= 0.6 is 34.5 Å². The summed E-state index contributed by atoms with van der Waals surface area (Å²) in [6.45, 7) is 2.04. The second kappa shape index (κ2) is 6.02. The van der Waals surface area contributed by atoms with E-state index in [1.165, 1.54) is 4.88 Å². The molecule has 0 N–H and O–H groups in total. The van der Waals surface area contributed by atoms with Gasteiger partial charge >= 0.3 is 0 Å². The molecule has 0 spiro atoms. The first-order valence-electron chi connectivity index (χ1n) is 6.16. The van der Waals surface area contributed by atoms with Crippen LogP contribution in [-0.4, -0.2) is 10.1 Å². The van der Waals surface area contributed by atoms with Gasteiger partial charge in [0.25, 0.3) is 5.89 Å². The number of aryl methyl sites for hydroxylation is 1. The minimum atomic E-state index is 0.276. The van der Waals surface area contributed by atoms with Gasteiger partial charge in [0.05, 0.1) is 5.02 Å². The second-order valence-electron chi connectivity index (χ2n) is 4.34. The highest BCUT2D eigenvalue weighted by Gasteiger charge is 2.13. The highest BCUT2D eigenvalue weighted by molar-refractivity contribution is 7.12. The first-order chi connectivity index (χ1) is 10.1. The average Bonchev–Trinajstić information content (AvgIpc) is 3.09. The van der Waals surface area contributed by atoms with Crippen molar-refractivity contribution in [3.8, 4) is 11.4 Å². The van der Waals surface area contributed by atoms with E-state index in [0.29, 0.717) is 21.4 Å². The molecule has 0 aliphatic rings. The fraction of sp³-hybridized carbons (Fsp3) is 0.0667. The van der Waals surface area contributed by atoms with Crippen LogP contribution in [0.1, 0.15) is 15.6 Å². The van der Waals surface area contributed by atoms with Crippen LogP contribution in [0.2, 0.25) is 5.02 Å². The summed E-state index contributed by atoms with van der Waals surface area (Å²) in [7, 11) is 0. The summed E-state index contributed by atoms with van der Waals surface area (Å²) in [5, 5.41) is 4.90. The Morgan fingerprint density at radius 3 is 2.76 bits per heavy atom. The summed E-state index contributed by atoms with van der Waals surface area (Å²) in [6, 6.07) is 11.3. The maximum Gasteiger partial charge on any atom is 0.269 e. The Labute approximate surface area is 135 Å². The van der Waals surface area contributed by atoms with Gasteiger partial charge in [0.15, 0.2) is 0 Å². The summed E-state index contributed by atoms with van der Waals surface area (Å²) >= 11 is 14.0. The molecule has 0 unspecified atom stereocenters. The molecule has 0 saturated carbocycles. The predicted molar refractivity (Wildman–Crippen MR) is 87.5 cm³/mol. The minimum Gasteiger partial charge on any atom is -0.333 e. The van der Waals surface area contributed by atoms with Gasteiger partial charge in [-0.15, -0.1) is 11.3 Å². The Morgan fingerprint density at radius 1 is 1.24 bits per heavy atom. The number of benzene rings is 1. The van der Waals surface area contributed by atoms with Crippen LogP contribution in [0.25, 0.3) is 22.5 Å². The van der Waals surface area contributed by atoms with Crippen molar-refractivity contribution in [2.24, 2.45) is 0 Å². The third-order valence-electron chi connectivity index (χ3n) is 2.78. The fourth-order valence-electron chi connectivity index (χ4n) is 1.79. The van der Waals surface area contributed by atoms with Gasteiger partial charge in [0.1, 0.15) is 5.03 Å². The summed E-state index contributed by atoms with van der Waals surface area (Å²) in [5.41, 5.74) is 0.714. The zero-order chi connectivity index (χ0) is 14.8. The molecular formula is C15H10Cl2N2OS. The van der Waals surface area contributed by atoms with E-state index in [4.69, 9.17) is 27.7 Å². The Bertz CT molecular complexity index is 807. The van der Waals surface area contributed by atoms with Gasteiger partial charge in [-0.05, 0) is 37.3 Å².